The number of fused-ring (bicyclic) bond motifs is 1. The van der Waals surface area contributed by atoms with E-state index in [2.05, 4.69) is 10.4 Å². The number of halogens is 3. The number of amides is 1. The Kier molecular flexibility index (Phi) is 5.48. The zero-order chi connectivity index (χ0) is 21.3. The Morgan fingerprint density at radius 3 is 2.63 bits per heavy atom. The van der Waals surface area contributed by atoms with Crippen LogP contribution in [0.2, 0.25) is 0 Å². The van der Waals surface area contributed by atoms with E-state index < -0.39 is 17.8 Å². The van der Waals surface area contributed by atoms with Crippen LogP contribution >= 0.6 is 0 Å². The second-order valence-electron chi connectivity index (χ2n) is 7.47. The van der Waals surface area contributed by atoms with Gasteiger partial charge in [0.05, 0.1) is 18.2 Å². The highest BCUT2D eigenvalue weighted by molar-refractivity contribution is 5.83. The molecule has 10 heteroatoms. The molecule has 1 amide bonds. The number of piperidine rings is 1. The van der Waals surface area contributed by atoms with E-state index >= 15 is 0 Å². The summed E-state index contributed by atoms with van der Waals surface area (Å²) < 4.78 is 50.2. The molecule has 0 aliphatic carbocycles. The highest BCUT2D eigenvalue weighted by Gasteiger charge is 2.36. The minimum Gasteiger partial charge on any atom is -0.454 e. The molecule has 0 spiro atoms. The molecule has 30 heavy (non-hydrogen) atoms. The lowest BCUT2D eigenvalue weighted by Crippen LogP contribution is -2.42. The first-order chi connectivity index (χ1) is 14.3. The van der Waals surface area contributed by atoms with Gasteiger partial charge in [0, 0.05) is 13.1 Å². The van der Waals surface area contributed by atoms with Crippen molar-refractivity contribution >= 4 is 5.91 Å². The van der Waals surface area contributed by atoms with Crippen molar-refractivity contribution in [2.75, 3.05) is 24.9 Å². The standard InChI is InChI=1S/C20H23F3N4O3/c1-13(14-5-6-16-17(9-14)30-12-29-16)19(28)24-11-15-10-18(20(21,22)23)25-27(15)26-7-3-2-4-8-26/h5-6,9-10,13H,2-4,7-8,11-12H2,1H3,(H,24,28). The molecule has 0 saturated carbocycles. The predicted octanol–water partition coefficient (Wildman–Crippen LogP) is 3.17. The largest absolute Gasteiger partial charge is 0.454 e. The van der Waals surface area contributed by atoms with Crippen molar-refractivity contribution in [1.82, 2.24) is 15.2 Å². The van der Waals surface area contributed by atoms with Gasteiger partial charge in [-0.05, 0) is 49.9 Å². The van der Waals surface area contributed by atoms with Crippen molar-refractivity contribution in [3.05, 3.63) is 41.2 Å². The maximum Gasteiger partial charge on any atom is 0.435 e. The van der Waals surface area contributed by atoms with Crippen molar-refractivity contribution in [2.24, 2.45) is 0 Å². The number of rotatable bonds is 5. The minimum atomic E-state index is -4.54. The van der Waals surface area contributed by atoms with Crippen LogP contribution in [0.4, 0.5) is 13.2 Å². The summed E-state index contributed by atoms with van der Waals surface area (Å²) in [6.07, 6.45) is -1.70. The third kappa shape index (κ3) is 4.17. The van der Waals surface area contributed by atoms with Crippen LogP contribution in [-0.4, -0.2) is 35.7 Å². The maximum absolute atomic E-state index is 13.2. The first-order valence-electron chi connectivity index (χ1n) is 9.91. The SMILES string of the molecule is CC(C(=O)NCc1cc(C(F)(F)F)nn1N1CCCCC1)c1ccc2c(c1)OCO2. The Morgan fingerprint density at radius 1 is 1.17 bits per heavy atom. The fraction of sp³-hybridized carbons (Fsp3) is 0.500. The lowest BCUT2D eigenvalue weighted by atomic mass is 10.00. The molecular weight excluding hydrogens is 401 g/mol. The third-order valence-electron chi connectivity index (χ3n) is 5.39. The topological polar surface area (TPSA) is 68.6 Å². The number of hydrogen-bond acceptors (Lipinski definition) is 5. The number of carbonyl (C=O) groups is 1. The molecule has 1 N–H and O–H groups in total. The summed E-state index contributed by atoms with van der Waals surface area (Å²) in [5, 5.41) is 8.30. The Balaban J connectivity index is 1.48. The van der Waals surface area contributed by atoms with Gasteiger partial charge in [0.1, 0.15) is 0 Å². The van der Waals surface area contributed by atoms with Gasteiger partial charge in [-0.3, -0.25) is 9.80 Å². The average Bonchev–Trinajstić information content (AvgIpc) is 3.38. The Hall–Kier alpha value is -2.91. The highest BCUT2D eigenvalue weighted by atomic mass is 19.4. The van der Waals surface area contributed by atoms with Crippen LogP contribution < -0.4 is 19.8 Å². The molecule has 1 aromatic heterocycles. The average molecular weight is 424 g/mol. The van der Waals surface area contributed by atoms with Gasteiger partial charge in [-0.15, -0.1) is 5.10 Å². The molecule has 1 aromatic carbocycles. The van der Waals surface area contributed by atoms with E-state index in [-0.39, 0.29) is 19.2 Å². The molecule has 1 unspecified atom stereocenters. The number of alkyl halides is 3. The number of nitrogens with one attached hydrogen (secondary N) is 1. The first-order valence-corrected chi connectivity index (χ1v) is 9.91. The van der Waals surface area contributed by atoms with Gasteiger partial charge in [0.2, 0.25) is 12.7 Å². The number of carbonyl (C=O) groups excluding carboxylic acids is 1. The minimum absolute atomic E-state index is 0.0483. The quantitative estimate of drug-likeness (QED) is 0.799. The van der Waals surface area contributed by atoms with Crippen molar-refractivity contribution in [2.45, 2.75) is 44.8 Å². The molecule has 1 fully saturated rings. The van der Waals surface area contributed by atoms with Crippen LogP contribution in [0, 0.1) is 0 Å². The number of ether oxygens (including phenoxy) is 2. The molecule has 0 radical (unpaired) electrons. The van der Waals surface area contributed by atoms with E-state index in [4.69, 9.17) is 9.47 Å². The van der Waals surface area contributed by atoms with Gasteiger partial charge < -0.3 is 14.8 Å². The van der Waals surface area contributed by atoms with Crippen LogP contribution in [-0.2, 0) is 17.5 Å². The summed E-state index contributed by atoms with van der Waals surface area (Å²) in [7, 11) is 0. The summed E-state index contributed by atoms with van der Waals surface area (Å²) in [5.41, 5.74) is 0.0777. The fourth-order valence-corrected chi connectivity index (χ4v) is 3.65. The monoisotopic (exact) mass is 424 g/mol. The molecule has 4 rings (SSSR count). The second-order valence-corrected chi connectivity index (χ2v) is 7.47. The van der Waals surface area contributed by atoms with Crippen molar-refractivity contribution in [3.63, 3.8) is 0 Å². The number of benzene rings is 1. The zero-order valence-electron chi connectivity index (χ0n) is 16.5. The van der Waals surface area contributed by atoms with E-state index in [1.165, 1.54) is 4.79 Å². The molecule has 7 nitrogen and oxygen atoms in total. The van der Waals surface area contributed by atoms with Crippen molar-refractivity contribution in [3.8, 4) is 11.5 Å². The maximum atomic E-state index is 13.2. The van der Waals surface area contributed by atoms with Crippen LogP contribution in [0.5, 0.6) is 11.5 Å². The van der Waals surface area contributed by atoms with Crippen LogP contribution in [0.25, 0.3) is 0 Å². The van der Waals surface area contributed by atoms with Crippen LogP contribution in [0.1, 0.15) is 49.1 Å². The Labute approximate surface area is 171 Å². The van der Waals surface area contributed by atoms with E-state index in [0.717, 1.165) is 30.9 Å². The summed E-state index contributed by atoms with van der Waals surface area (Å²) in [6.45, 7) is 3.09. The van der Waals surface area contributed by atoms with Crippen molar-refractivity contribution in [1.29, 1.82) is 0 Å². The lowest BCUT2D eigenvalue weighted by molar-refractivity contribution is -0.141. The van der Waals surface area contributed by atoms with Crippen molar-refractivity contribution < 1.29 is 27.4 Å². The van der Waals surface area contributed by atoms with Gasteiger partial charge in [-0.25, -0.2) is 0 Å². The molecule has 2 aliphatic heterocycles. The number of hydrogen-bond donors (Lipinski definition) is 1. The number of nitrogens with zero attached hydrogens (tertiary/aromatic N) is 3. The van der Waals surface area contributed by atoms with Gasteiger partial charge in [0.15, 0.2) is 17.2 Å². The molecule has 2 aliphatic rings. The van der Waals surface area contributed by atoms with E-state index in [1.807, 2.05) is 0 Å². The molecule has 2 aromatic rings. The molecule has 3 heterocycles. The molecule has 0 bridgehead atoms. The van der Waals surface area contributed by atoms with E-state index in [9.17, 15) is 18.0 Å². The van der Waals surface area contributed by atoms with Gasteiger partial charge >= 0.3 is 6.18 Å². The second kappa shape index (κ2) is 8.08. The normalized spacial score (nSPS) is 17.1. The van der Waals surface area contributed by atoms with E-state index in [0.29, 0.717) is 30.3 Å². The summed E-state index contributed by atoms with van der Waals surface area (Å²) in [4.78, 5) is 14.0. The lowest BCUT2D eigenvalue weighted by Gasteiger charge is -2.30. The predicted molar refractivity (Wildman–Crippen MR) is 102 cm³/mol. The fourth-order valence-electron chi connectivity index (χ4n) is 3.65. The van der Waals surface area contributed by atoms with Crippen LogP contribution in [0.3, 0.4) is 0 Å². The molecular formula is C20H23F3N4O3. The van der Waals surface area contributed by atoms with Gasteiger partial charge in [0.25, 0.3) is 0 Å². The smallest absolute Gasteiger partial charge is 0.435 e. The number of aromatic nitrogens is 2. The van der Waals surface area contributed by atoms with E-state index in [1.54, 1.807) is 30.1 Å². The Bertz CT molecular complexity index is 923. The zero-order valence-corrected chi connectivity index (χ0v) is 16.5. The summed E-state index contributed by atoms with van der Waals surface area (Å²) in [6, 6.07) is 6.26. The third-order valence-corrected chi connectivity index (χ3v) is 5.39. The van der Waals surface area contributed by atoms with Crippen LogP contribution in [0.15, 0.2) is 24.3 Å². The van der Waals surface area contributed by atoms with Gasteiger partial charge in [-0.1, -0.05) is 6.07 Å². The van der Waals surface area contributed by atoms with Gasteiger partial charge in [-0.2, -0.15) is 18.0 Å². The highest BCUT2D eigenvalue weighted by Crippen LogP contribution is 2.34. The molecule has 1 saturated heterocycles. The summed E-state index contributed by atoms with van der Waals surface area (Å²) >= 11 is 0. The Morgan fingerprint density at radius 2 is 1.90 bits per heavy atom. The summed E-state index contributed by atoms with van der Waals surface area (Å²) in [5.74, 6) is 0.392. The molecule has 1 atom stereocenters. The first kappa shape index (κ1) is 20.4. The molecule has 162 valence electrons.